The van der Waals surface area contributed by atoms with Gasteiger partial charge in [0.25, 0.3) is 5.91 Å². The van der Waals surface area contributed by atoms with E-state index in [1.165, 1.54) is 11.3 Å². The van der Waals surface area contributed by atoms with E-state index in [4.69, 9.17) is 18.0 Å². The van der Waals surface area contributed by atoms with Crippen molar-refractivity contribution in [1.82, 2.24) is 5.32 Å². The van der Waals surface area contributed by atoms with Crippen molar-refractivity contribution >= 4 is 66.3 Å². The highest BCUT2D eigenvalue weighted by molar-refractivity contribution is 9.12. The molecule has 1 aromatic heterocycles. The number of thiophene rings is 1. The maximum atomic E-state index is 11.8. The lowest BCUT2D eigenvalue weighted by Crippen LogP contribution is -2.33. The van der Waals surface area contributed by atoms with Gasteiger partial charge in [-0.25, -0.2) is 0 Å². The molecule has 1 atom stereocenters. The van der Waals surface area contributed by atoms with Crippen LogP contribution in [-0.2, 0) is 0 Å². The number of hydrogen-bond acceptors (Lipinski definition) is 3. The molecule has 0 bridgehead atoms. The lowest BCUT2D eigenvalue weighted by molar-refractivity contribution is 0.0951. The molecule has 0 spiro atoms. The smallest absolute Gasteiger partial charge is 0.253 e. The zero-order valence-corrected chi connectivity index (χ0v) is 13.2. The summed E-state index contributed by atoms with van der Waals surface area (Å²) in [6, 6.07) is 1.77. The minimum Gasteiger partial charge on any atom is -0.393 e. The number of carbonyl (C=O) groups is 1. The SMILES string of the molecule is CC(CNC(=O)c1cc(Br)sc1Br)C(N)=S. The molecule has 0 aliphatic carbocycles. The Hall–Kier alpha value is 0.0200. The van der Waals surface area contributed by atoms with Gasteiger partial charge in [-0.05, 0) is 37.9 Å². The highest BCUT2D eigenvalue weighted by Crippen LogP contribution is 2.31. The molecule has 1 unspecified atom stereocenters. The fraction of sp³-hybridized carbons (Fsp3) is 0.333. The van der Waals surface area contributed by atoms with Gasteiger partial charge in [-0.15, -0.1) is 11.3 Å². The second-order valence-corrected chi connectivity index (χ2v) is 7.47. The molecule has 3 nitrogen and oxygen atoms in total. The second kappa shape index (κ2) is 6.09. The Morgan fingerprint density at radius 2 is 2.31 bits per heavy atom. The van der Waals surface area contributed by atoms with Gasteiger partial charge in [-0.2, -0.15) is 0 Å². The average Bonchev–Trinajstić information content (AvgIpc) is 2.53. The van der Waals surface area contributed by atoms with Crippen molar-refractivity contribution in [1.29, 1.82) is 0 Å². The van der Waals surface area contributed by atoms with Crippen molar-refractivity contribution in [2.45, 2.75) is 6.92 Å². The van der Waals surface area contributed by atoms with Gasteiger partial charge in [0.15, 0.2) is 0 Å². The van der Waals surface area contributed by atoms with Crippen molar-refractivity contribution < 1.29 is 4.79 Å². The normalized spacial score (nSPS) is 12.2. The zero-order chi connectivity index (χ0) is 12.3. The highest BCUT2D eigenvalue weighted by atomic mass is 79.9. The van der Waals surface area contributed by atoms with Gasteiger partial charge >= 0.3 is 0 Å². The second-order valence-electron chi connectivity index (χ2n) is 3.25. The summed E-state index contributed by atoms with van der Waals surface area (Å²) in [6.07, 6.45) is 0. The van der Waals surface area contributed by atoms with Crippen molar-refractivity contribution in [3.63, 3.8) is 0 Å². The summed E-state index contributed by atoms with van der Waals surface area (Å²) < 4.78 is 1.71. The number of halogens is 2. The molecular formula is C9H10Br2N2OS2. The molecule has 0 radical (unpaired) electrons. The molecule has 1 heterocycles. The largest absolute Gasteiger partial charge is 0.393 e. The Morgan fingerprint density at radius 1 is 1.69 bits per heavy atom. The summed E-state index contributed by atoms with van der Waals surface area (Å²) in [4.78, 5) is 12.2. The number of rotatable bonds is 4. The van der Waals surface area contributed by atoms with Gasteiger partial charge in [0, 0.05) is 12.5 Å². The molecule has 7 heteroatoms. The van der Waals surface area contributed by atoms with Crippen LogP contribution < -0.4 is 11.1 Å². The van der Waals surface area contributed by atoms with Crippen LogP contribution in [0, 0.1) is 5.92 Å². The quantitative estimate of drug-likeness (QED) is 0.783. The number of nitrogens with two attached hydrogens (primary N) is 1. The minimum atomic E-state index is -0.128. The first kappa shape index (κ1) is 14.1. The summed E-state index contributed by atoms with van der Waals surface area (Å²) in [5, 5.41) is 2.78. The molecule has 3 N–H and O–H groups in total. The van der Waals surface area contributed by atoms with E-state index >= 15 is 0 Å². The first-order valence-electron chi connectivity index (χ1n) is 4.44. The van der Waals surface area contributed by atoms with E-state index in [2.05, 4.69) is 37.2 Å². The summed E-state index contributed by atoms with van der Waals surface area (Å²) in [7, 11) is 0. The van der Waals surface area contributed by atoms with E-state index < -0.39 is 0 Å². The van der Waals surface area contributed by atoms with Crippen LogP contribution in [0.25, 0.3) is 0 Å². The van der Waals surface area contributed by atoms with Crippen LogP contribution in [-0.4, -0.2) is 17.4 Å². The Labute approximate surface area is 120 Å². The Kier molecular flexibility index (Phi) is 5.36. The Bertz CT molecular complexity index is 420. The highest BCUT2D eigenvalue weighted by Gasteiger charge is 2.14. The Balaban J connectivity index is 2.60. The standard InChI is InChI=1S/C9H10Br2N2OS2/c1-4(8(12)15)3-13-9(14)5-2-6(10)16-7(5)11/h2,4H,3H2,1H3,(H2,12,15)(H,13,14). The Morgan fingerprint density at radius 3 is 2.75 bits per heavy atom. The lowest BCUT2D eigenvalue weighted by Gasteiger charge is -2.10. The number of nitrogens with one attached hydrogen (secondary N) is 1. The van der Waals surface area contributed by atoms with Gasteiger partial charge < -0.3 is 11.1 Å². The van der Waals surface area contributed by atoms with Gasteiger partial charge in [0.05, 0.1) is 18.1 Å². The number of carbonyl (C=O) groups excluding carboxylic acids is 1. The molecule has 1 aromatic rings. The van der Waals surface area contributed by atoms with E-state index in [0.717, 1.165) is 7.57 Å². The molecule has 0 saturated heterocycles. The fourth-order valence-corrected chi connectivity index (χ4v) is 3.81. The van der Waals surface area contributed by atoms with Gasteiger partial charge in [-0.3, -0.25) is 4.79 Å². The van der Waals surface area contributed by atoms with Gasteiger partial charge in [0.1, 0.15) is 0 Å². The van der Waals surface area contributed by atoms with Crippen LogP contribution in [0.3, 0.4) is 0 Å². The molecule has 16 heavy (non-hydrogen) atoms. The third-order valence-electron chi connectivity index (χ3n) is 1.96. The maximum Gasteiger partial charge on any atom is 0.253 e. The van der Waals surface area contributed by atoms with E-state index in [-0.39, 0.29) is 11.8 Å². The molecule has 1 rings (SSSR count). The summed E-state index contributed by atoms with van der Waals surface area (Å²) in [5.41, 5.74) is 6.08. The van der Waals surface area contributed by atoms with E-state index in [1.807, 2.05) is 6.92 Å². The predicted molar refractivity (Wildman–Crippen MR) is 78.0 cm³/mol. The number of hydrogen-bond donors (Lipinski definition) is 2. The van der Waals surface area contributed by atoms with E-state index in [9.17, 15) is 4.79 Å². The molecule has 0 fully saturated rings. The van der Waals surface area contributed by atoms with Gasteiger partial charge in [-0.1, -0.05) is 19.1 Å². The third-order valence-corrected chi connectivity index (χ3v) is 4.70. The van der Waals surface area contributed by atoms with E-state index in [0.29, 0.717) is 17.1 Å². The van der Waals surface area contributed by atoms with Crippen molar-refractivity contribution in [3.05, 3.63) is 19.2 Å². The van der Waals surface area contributed by atoms with Crippen LogP contribution in [0.4, 0.5) is 0 Å². The first-order valence-corrected chi connectivity index (χ1v) is 7.25. The van der Waals surface area contributed by atoms with Crippen LogP contribution in [0.5, 0.6) is 0 Å². The molecule has 0 aliphatic heterocycles. The van der Waals surface area contributed by atoms with Crippen LogP contribution in [0.15, 0.2) is 13.6 Å². The van der Waals surface area contributed by atoms with Gasteiger partial charge in [0.2, 0.25) is 0 Å². The topological polar surface area (TPSA) is 55.1 Å². The number of thiocarbonyl (C=S) groups is 1. The molecule has 88 valence electrons. The average molecular weight is 386 g/mol. The summed E-state index contributed by atoms with van der Waals surface area (Å²) in [5.74, 6) is -0.128. The van der Waals surface area contributed by atoms with E-state index in [1.54, 1.807) is 6.07 Å². The van der Waals surface area contributed by atoms with Crippen molar-refractivity contribution in [2.75, 3.05) is 6.54 Å². The maximum absolute atomic E-state index is 11.8. The van der Waals surface area contributed by atoms with Crippen LogP contribution in [0.2, 0.25) is 0 Å². The molecule has 1 amide bonds. The third kappa shape index (κ3) is 3.80. The summed E-state index contributed by atoms with van der Waals surface area (Å²) >= 11 is 12.9. The molecular weight excluding hydrogens is 376 g/mol. The monoisotopic (exact) mass is 384 g/mol. The molecule has 0 saturated carbocycles. The molecule has 0 aromatic carbocycles. The zero-order valence-electron chi connectivity index (χ0n) is 8.42. The lowest BCUT2D eigenvalue weighted by atomic mass is 10.2. The number of amides is 1. The van der Waals surface area contributed by atoms with Crippen LogP contribution >= 0.6 is 55.4 Å². The fourth-order valence-electron chi connectivity index (χ4n) is 0.937. The summed E-state index contributed by atoms with van der Waals surface area (Å²) in [6.45, 7) is 2.33. The minimum absolute atomic E-state index is 0.000183. The predicted octanol–water partition coefficient (Wildman–Crippen LogP) is 2.93. The van der Waals surface area contributed by atoms with Crippen LogP contribution in [0.1, 0.15) is 17.3 Å². The van der Waals surface area contributed by atoms with Crippen molar-refractivity contribution in [3.8, 4) is 0 Å². The molecule has 0 aliphatic rings. The van der Waals surface area contributed by atoms with Crippen molar-refractivity contribution in [2.24, 2.45) is 11.7 Å². The first-order chi connectivity index (χ1) is 7.41.